The van der Waals surface area contributed by atoms with Crippen LogP contribution in [0.4, 0.5) is 17.6 Å². The summed E-state index contributed by atoms with van der Waals surface area (Å²) in [6.07, 6.45) is -5.21. The van der Waals surface area contributed by atoms with Crippen LogP contribution in [0.2, 0.25) is 0 Å². The summed E-state index contributed by atoms with van der Waals surface area (Å²) < 4.78 is 51.7. The number of alkyl halides is 3. The number of nitrogens with one attached hydrogen (secondary N) is 1. The number of carboxylic acids is 1. The van der Waals surface area contributed by atoms with Crippen LogP contribution in [0.1, 0.15) is 23.5 Å². The second-order valence-corrected chi connectivity index (χ2v) is 4.42. The minimum absolute atomic E-state index is 0.303. The van der Waals surface area contributed by atoms with Gasteiger partial charge in [-0.15, -0.1) is 0 Å². The maximum absolute atomic E-state index is 13.0. The molecular weight excluding hydrogens is 282 g/mol. The third-order valence-electron chi connectivity index (χ3n) is 3.11. The van der Waals surface area contributed by atoms with Crippen molar-refractivity contribution in [3.8, 4) is 0 Å². The predicted octanol–water partition coefficient (Wildman–Crippen LogP) is 1.90. The van der Waals surface area contributed by atoms with Gasteiger partial charge in [0.15, 0.2) is 0 Å². The Hall–Kier alpha value is -2.12. The molecule has 2 atom stereocenters. The summed E-state index contributed by atoms with van der Waals surface area (Å²) in [6, 6.07) is 0.539. The zero-order valence-corrected chi connectivity index (χ0v) is 9.87. The Morgan fingerprint density at radius 2 is 2.00 bits per heavy atom. The van der Waals surface area contributed by atoms with Crippen LogP contribution in [0, 0.1) is 5.82 Å². The van der Waals surface area contributed by atoms with Gasteiger partial charge in [-0.05, 0) is 17.7 Å². The molecule has 0 aliphatic carbocycles. The average molecular weight is 291 g/mol. The SMILES string of the molecule is O=C1CC(c2ccc(F)cc2C(F)(F)F)C(C(=O)O)N1. The summed E-state index contributed by atoms with van der Waals surface area (Å²) in [5, 5.41) is 11.0. The van der Waals surface area contributed by atoms with E-state index in [1.165, 1.54) is 0 Å². The van der Waals surface area contributed by atoms with Gasteiger partial charge in [-0.2, -0.15) is 13.2 Å². The zero-order chi connectivity index (χ0) is 15.1. The largest absolute Gasteiger partial charge is 0.480 e. The Kier molecular flexibility index (Phi) is 3.41. The zero-order valence-electron chi connectivity index (χ0n) is 9.87. The van der Waals surface area contributed by atoms with Crippen molar-refractivity contribution in [1.82, 2.24) is 5.32 Å². The van der Waals surface area contributed by atoms with Crippen LogP contribution in [0.25, 0.3) is 0 Å². The van der Waals surface area contributed by atoms with Crippen molar-refractivity contribution in [3.05, 3.63) is 35.1 Å². The number of amides is 1. The number of hydrogen-bond acceptors (Lipinski definition) is 2. The second kappa shape index (κ2) is 4.77. The van der Waals surface area contributed by atoms with Crippen molar-refractivity contribution in [1.29, 1.82) is 0 Å². The lowest BCUT2D eigenvalue weighted by Gasteiger charge is -2.20. The van der Waals surface area contributed by atoms with Gasteiger partial charge < -0.3 is 10.4 Å². The molecule has 0 bridgehead atoms. The average Bonchev–Trinajstić information content (AvgIpc) is 2.70. The van der Waals surface area contributed by atoms with E-state index < -0.39 is 47.0 Å². The van der Waals surface area contributed by atoms with Crippen LogP contribution in [0.15, 0.2) is 18.2 Å². The van der Waals surface area contributed by atoms with Crippen molar-refractivity contribution in [2.75, 3.05) is 0 Å². The van der Waals surface area contributed by atoms with Gasteiger partial charge in [0.2, 0.25) is 5.91 Å². The number of hydrogen-bond donors (Lipinski definition) is 2. The molecule has 0 aromatic heterocycles. The fourth-order valence-electron chi connectivity index (χ4n) is 2.27. The fourth-order valence-corrected chi connectivity index (χ4v) is 2.27. The quantitative estimate of drug-likeness (QED) is 0.818. The summed E-state index contributed by atoms with van der Waals surface area (Å²) in [5.74, 6) is -4.35. The molecule has 1 aliphatic heterocycles. The summed E-state index contributed by atoms with van der Waals surface area (Å²) in [5.41, 5.74) is -1.66. The topological polar surface area (TPSA) is 66.4 Å². The van der Waals surface area contributed by atoms with Gasteiger partial charge in [0, 0.05) is 12.3 Å². The molecule has 8 heteroatoms. The van der Waals surface area contributed by atoms with Crippen LogP contribution in [-0.4, -0.2) is 23.0 Å². The highest BCUT2D eigenvalue weighted by molar-refractivity contribution is 5.89. The first-order chi connectivity index (χ1) is 9.20. The number of aliphatic carboxylic acids is 1. The Bertz CT molecular complexity index is 570. The number of benzene rings is 1. The number of halogens is 4. The van der Waals surface area contributed by atoms with E-state index in [-0.39, 0.29) is 6.42 Å². The minimum Gasteiger partial charge on any atom is -0.480 e. The van der Waals surface area contributed by atoms with Crippen LogP contribution in [0.5, 0.6) is 0 Å². The van der Waals surface area contributed by atoms with Gasteiger partial charge in [0.1, 0.15) is 11.9 Å². The third-order valence-corrected chi connectivity index (χ3v) is 3.11. The van der Waals surface area contributed by atoms with E-state index in [2.05, 4.69) is 5.32 Å². The van der Waals surface area contributed by atoms with Crippen molar-refractivity contribution < 1.29 is 32.3 Å². The highest BCUT2D eigenvalue weighted by atomic mass is 19.4. The number of rotatable bonds is 2. The maximum Gasteiger partial charge on any atom is 0.416 e. The Balaban J connectivity index is 2.52. The summed E-state index contributed by atoms with van der Waals surface area (Å²) >= 11 is 0. The second-order valence-electron chi connectivity index (χ2n) is 4.42. The lowest BCUT2D eigenvalue weighted by molar-refractivity contribution is -0.142. The van der Waals surface area contributed by atoms with Gasteiger partial charge in [-0.25, -0.2) is 9.18 Å². The molecule has 0 saturated carbocycles. The number of carboxylic acid groups (broad SMARTS) is 1. The molecule has 1 saturated heterocycles. The van der Waals surface area contributed by atoms with E-state index in [4.69, 9.17) is 5.11 Å². The van der Waals surface area contributed by atoms with Crippen molar-refractivity contribution >= 4 is 11.9 Å². The molecule has 1 amide bonds. The molecule has 0 spiro atoms. The Morgan fingerprint density at radius 3 is 2.55 bits per heavy atom. The van der Waals surface area contributed by atoms with Crippen molar-refractivity contribution in [2.24, 2.45) is 0 Å². The van der Waals surface area contributed by atoms with Crippen molar-refractivity contribution in [2.45, 2.75) is 24.6 Å². The lowest BCUT2D eigenvalue weighted by atomic mass is 9.88. The minimum atomic E-state index is -4.83. The van der Waals surface area contributed by atoms with E-state index in [0.717, 1.165) is 12.1 Å². The molecule has 1 fully saturated rings. The van der Waals surface area contributed by atoms with E-state index in [9.17, 15) is 27.2 Å². The molecule has 2 unspecified atom stereocenters. The molecule has 108 valence electrons. The highest BCUT2D eigenvalue weighted by Gasteiger charge is 2.43. The summed E-state index contributed by atoms with van der Waals surface area (Å²) in [7, 11) is 0. The molecule has 1 aromatic carbocycles. The van der Waals surface area contributed by atoms with Gasteiger partial charge >= 0.3 is 12.1 Å². The van der Waals surface area contributed by atoms with Gasteiger partial charge in [-0.3, -0.25) is 4.79 Å². The summed E-state index contributed by atoms with van der Waals surface area (Å²) in [6.45, 7) is 0. The number of carbonyl (C=O) groups is 2. The van der Waals surface area contributed by atoms with E-state index in [0.29, 0.717) is 6.07 Å². The molecule has 2 N–H and O–H groups in total. The summed E-state index contributed by atoms with van der Waals surface area (Å²) in [4.78, 5) is 22.2. The molecule has 0 radical (unpaired) electrons. The first-order valence-corrected chi connectivity index (χ1v) is 5.59. The monoisotopic (exact) mass is 291 g/mol. The van der Waals surface area contributed by atoms with Crippen LogP contribution >= 0.6 is 0 Å². The number of carbonyl (C=O) groups excluding carboxylic acids is 1. The molecule has 4 nitrogen and oxygen atoms in total. The lowest BCUT2D eigenvalue weighted by Crippen LogP contribution is -2.36. The molecule has 2 rings (SSSR count). The van der Waals surface area contributed by atoms with E-state index in [1.54, 1.807) is 0 Å². The first kappa shape index (κ1) is 14.3. The standard InChI is InChI=1S/C12H9F4NO3/c13-5-1-2-6(8(3-5)12(14,15)16)7-4-9(18)17-10(7)11(19)20/h1-3,7,10H,4H2,(H,17,18)(H,19,20). The van der Waals surface area contributed by atoms with Gasteiger partial charge in [0.25, 0.3) is 0 Å². The Labute approximate surface area is 110 Å². The van der Waals surface area contributed by atoms with Crippen molar-refractivity contribution in [3.63, 3.8) is 0 Å². The van der Waals surface area contributed by atoms with Crippen LogP contribution in [0.3, 0.4) is 0 Å². The normalized spacial score (nSPS) is 22.7. The van der Waals surface area contributed by atoms with E-state index >= 15 is 0 Å². The third kappa shape index (κ3) is 2.59. The molecule has 1 heterocycles. The predicted molar refractivity (Wildman–Crippen MR) is 58.3 cm³/mol. The molecular formula is C12H9F4NO3. The highest BCUT2D eigenvalue weighted by Crippen LogP contribution is 2.39. The molecule has 1 aromatic rings. The molecule has 1 aliphatic rings. The van der Waals surface area contributed by atoms with Crippen LogP contribution in [-0.2, 0) is 15.8 Å². The van der Waals surface area contributed by atoms with Crippen LogP contribution < -0.4 is 5.32 Å². The van der Waals surface area contributed by atoms with E-state index in [1.807, 2.05) is 0 Å². The Morgan fingerprint density at radius 1 is 1.35 bits per heavy atom. The maximum atomic E-state index is 13.0. The smallest absolute Gasteiger partial charge is 0.416 e. The fraction of sp³-hybridized carbons (Fsp3) is 0.333. The molecule has 20 heavy (non-hydrogen) atoms. The van der Waals surface area contributed by atoms with Gasteiger partial charge in [-0.1, -0.05) is 6.07 Å². The first-order valence-electron chi connectivity index (χ1n) is 5.59. The van der Waals surface area contributed by atoms with Gasteiger partial charge in [0.05, 0.1) is 5.56 Å².